The number of carbonyl (C=O) groups excluding carboxylic acids is 1. The average molecular weight is 417 g/mol. The maximum atomic E-state index is 12.7. The van der Waals surface area contributed by atoms with Crippen LogP contribution in [0.3, 0.4) is 0 Å². The van der Waals surface area contributed by atoms with E-state index in [-0.39, 0.29) is 11.9 Å². The normalized spacial score (nSPS) is 15.6. The van der Waals surface area contributed by atoms with E-state index >= 15 is 0 Å². The summed E-state index contributed by atoms with van der Waals surface area (Å²) in [5.74, 6) is 1.88. The number of aryl methyl sites for hydroxylation is 1. The van der Waals surface area contributed by atoms with Crippen LogP contribution in [0.25, 0.3) is 0 Å². The maximum Gasteiger partial charge on any atom is 0.203 e. The van der Waals surface area contributed by atoms with E-state index in [0.29, 0.717) is 28.4 Å². The number of nitrogen functional groups attached to an aromatic ring is 1. The lowest BCUT2D eigenvalue weighted by atomic mass is 10.2. The van der Waals surface area contributed by atoms with Crippen molar-refractivity contribution < 1.29 is 14.3 Å². The fourth-order valence-electron chi connectivity index (χ4n) is 3.20. The Morgan fingerprint density at radius 3 is 2.86 bits per heavy atom. The number of hydrogen-bond acceptors (Lipinski definition) is 8. The SMILES string of the molecule is Cc1cc(C(=O)CSc2nnc(N)s2)c(C)n1C[C@@H]1COc2ccccc2O1. The fourth-order valence-corrected chi connectivity index (χ4v) is 4.72. The quantitative estimate of drug-likeness (QED) is 0.486. The second-order valence-electron chi connectivity index (χ2n) is 6.51. The molecule has 1 aromatic carbocycles. The molecule has 9 heteroatoms. The number of hydrogen-bond donors (Lipinski definition) is 1. The largest absolute Gasteiger partial charge is 0.486 e. The van der Waals surface area contributed by atoms with Crippen LogP contribution >= 0.6 is 23.1 Å². The number of anilines is 1. The molecule has 146 valence electrons. The lowest BCUT2D eigenvalue weighted by Crippen LogP contribution is -2.33. The summed E-state index contributed by atoms with van der Waals surface area (Å²) >= 11 is 2.64. The average Bonchev–Trinajstić information content (AvgIpc) is 3.24. The molecule has 0 aliphatic carbocycles. The third-order valence-corrected chi connectivity index (χ3v) is 6.46. The zero-order valence-electron chi connectivity index (χ0n) is 15.5. The molecule has 0 saturated carbocycles. The molecular formula is C19H20N4O3S2. The number of aromatic nitrogens is 3. The number of fused-ring (bicyclic) bond motifs is 1. The molecule has 3 aromatic rings. The summed E-state index contributed by atoms with van der Waals surface area (Å²) in [5.41, 5.74) is 8.26. The van der Waals surface area contributed by atoms with Gasteiger partial charge in [-0.25, -0.2) is 0 Å². The molecule has 0 saturated heterocycles. The number of ketones is 1. The van der Waals surface area contributed by atoms with Gasteiger partial charge in [0, 0.05) is 17.0 Å². The molecule has 1 atom stereocenters. The number of nitrogens with two attached hydrogens (primary N) is 1. The Hall–Kier alpha value is -2.52. The van der Waals surface area contributed by atoms with Crippen LogP contribution in [-0.4, -0.2) is 39.0 Å². The van der Waals surface area contributed by atoms with Crippen molar-refractivity contribution in [3.63, 3.8) is 0 Å². The summed E-state index contributed by atoms with van der Waals surface area (Å²) < 4.78 is 14.7. The zero-order chi connectivity index (χ0) is 19.7. The minimum Gasteiger partial charge on any atom is -0.486 e. The van der Waals surface area contributed by atoms with Crippen LogP contribution in [0.5, 0.6) is 11.5 Å². The zero-order valence-corrected chi connectivity index (χ0v) is 17.2. The number of benzene rings is 1. The predicted octanol–water partition coefficient (Wildman–Crippen LogP) is 3.35. The Kier molecular flexibility index (Phi) is 5.27. The predicted molar refractivity (Wildman–Crippen MR) is 110 cm³/mol. The second kappa shape index (κ2) is 7.84. The number of Topliss-reactive ketones (excluding diaryl/α,β-unsaturated/α-hetero) is 1. The van der Waals surface area contributed by atoms with Gasteiger partial charge in [-0.2, -0.15) is 0 Å². The van der Waals surface area contributed by atoms with Gasteiger partial charge < -0.3 is 19.8 Å². The van der Waals surface area contributed by atoms with Gasteiger partial charge >= 0.3 is 0 Å². The summed E-state index contributed by atoms with van der Waals surface area (Å²) in [5, 5.41) is 8.12. The molecule has 3 heterocycles. The van der Waals surface area contributed by atoms with Crippen molar-refractivity contribution in [2.45, 2.75) is 30.8 Å². The van der Waals surface area contributed by atoms with Crippen LogP contribution < -0.4 is 15.2 Å². The molecule has 7 nitrogen and oxygen atoms in total. The molecule has 2 aromatic heterocycles. The summed E-state index contributed by atoms with van der Waals surface area (Å²) in [6.07, 6.45) is -0.110. The van der Waals surface area contributed by atoms with Crippen LogP contribution in [-0.2, 0) is 6.54 Å². The molecule has 0 amide bonds. The molecule has 4 rings (SSSR count). The molecule has 2 N–H and O–H groups in total. The Morgan fingerprint density at radius 2 is 2.11 bits per heavy atom. The number of rotatable bonds is 6. The van der Waals surface area contributed by atoms with E-state index in [1.54, 1.807) is 0 Å². The van der Waals surface area contributed by atoms with E-state index in [1.165, 1.54) is 23.1 Å². The Labute approximate surface area is 170 Å². The Morgan fingerprint density at radius 1 is 1.32 bits per heavy atom. The third-order valence-electron chi connectivity index (χ3n) is 4.58. The van der Waals surface area contributed by atoms with Crippen LogP contribution in [0, 0.1) is 13.8 Å². The van der Waals surface area contributed by atoms with E-state index in [9.17, 15) is 4.79 Å². The first-order valence-corrected chi connectivity index (χ1v) is 10.6. The lowest BCUT2D eigenvalue weighted by Gasteiger charge is -2.27. The first-order chi connectivity index (χ1) is 13.5. The molecule has 0 fully saturated rings. The van der Waals surface area contributed by atoms with Gasteiger partial charge in [-0.3, -0.25) is 4.79 Å². The second-order valence-corrected chi connectivity index (χ2v) is 8.74. The lowest BCUT2D eigenvalue weighted by molar-refractivity contribution is 0.0777. The van der Waals surface area contributed by atoms with Crippen LogP contribution in [0.1, 0.15) is 21.7 Å². The molecule has 0 spiro atoms. The molecule has 28 heavy (non-hydrogen) atoms. The monoisotopic (exact) mass is 416 g/mol. The third kappa shape index (κ3) is 3.85. The minimum atomic E-state index is -0.110. The van der Waals surface area contributed by atoms with Gasteiger partial charge in [-0.15, -0.1) is 10.2 Å². The van der Waals surface area contributed by atoms with Crippen molar-refractivity contribution in [1.29, 1.82) is 0 Å². The number of carbonyl (C=O) groups is 1. The highest BCUT2D eigenvalue weighted by atomic mass is 32.2. The van der Waals surface area contributed by atoms with Crippen LogP contribution in [0.15, 0.2) is 34.7 Å². The van der Waals surface area contributed by atoms with E-state index < -0.39 is 0 Å². The highest BCUT2D eigenvalue weighted by molar-refractivity contribution is 8.01. The summed E-state index contributed by atoms with van der Waals surface area (Å²) in [4.78, 5) is 12.7. The fraction of sp³-hybridized carbons (Fsp3) is 0.316. The minimum absolute atomic E-state index is 0.0595. The molecule has 0 unspecified atom stereocenters. The number of ether oxygens (including phenoxy) is 2. The van der Waals surface area contributed by atoms with Gasteiger partial charge in [-0.05, 0) is 32.0 Å². The van der Waals surface area contributed by atoms with Gasteiger partial charge in [0.25, 0.3) is 0 Å². The maximum absolute atomic E-state index is 12.7. The molecule has 0 radical (unpaired) electrons. The highest BCUT2D eigenvalue weighted by Gasteiger charge is 2.24. The smallest absolute Gasteiger partial charge is 0.203 e. The van der Waals surface area contributed by atoms with Crippen LogP contribution in [0.4, 0.5) is 5.13 Å². The van der Waals surface area contributed by atoms with E-state index in [4.69, 9.17) is 15.2 Å². The number of thioether (sulfide) groups is 1. The Balaban J connectivity index is 1.44. The van der Waals surface area contributed by atoms with E-state index in [2.05, 4.69) is 14.8 Å². The van der Waals surface area contributed by atoms with Crippen LogP contribution in [0.2, 0.25) is 0 Å². The Bertz CT molecular complexity index is 1010. The first-order valence-electron chi connectivity index (χ1n) is 8.81. The topological polar surface area (TPSA) is 92.3 Å². The van der Waals surface area contributed by atoms with Gasteiger partial charge in [0.2, 0.25) is 5.13 Å². The summed E-state index contributed by atoms with van der Waals surface area (Å²) in [6, 6.07) is 9.59. The van der Waals surface area contributed by atoms with Crippen molar-refractivity contribution >= 4 is 34.0 Å². The standard InChI is InChI=1S/C19H20N4O3S2/c1-11-7-14(15(24)10-27-19-22-21-18(20)28-19)12(2)23(11)8-13-9-25-16-5-3-4-6-17(16)26-13/h3-7,13H,8-10H2,1-2H3,(H2,20,21)/t13-/m1/s1. The first kappa shape index (κ1) is 18.8. The molecule has 0 bridgehead atoms. The van der Waals surface area contributed by atoms with Crippen molar-refractivity contribution in [3.05, 3.63) is 47.3 Å². The van der Waals surface area contributed by atoms with Crippen molar-refractivity contribution in [2.24, 2.45) is 0 Å². The number of nitrogens with zero attached hydrogens (tertiary/aromatic N) is 3. The van der Waals surface area contributed by atoms with E-state index in [1.807, 2.05) is 44.2 Å². The molecule has 1 aliphatic heterocycles. The van der Waals surface area contributed by atoms with Gasteiger partial charge in [0.05, 0.1) is 12.3 Å². The summed E-state index contributed by atoms with van der Waals surface area (Å²) in [6.45, 7) is 5.07. The van der Waals surface area contributed by atoms with Crippen molar-refractivity contribution in [3.8, 4) is 11.5 Å². The van der Waals surface area contributed by atoms with E-state index in [0.717, 1.165) is 28.5 Å². The van der Waals surface area contributed by atoms with Gasteiger partial charge in [0.15, 0.2) is 27.7 Å². The summed E-state index contributed by atoms with van der Waals surface area (Å²) in [7, 11) is 0. The van der Waals surface area contributed by atoms with Gasteiger partial charge in [-0.1, -0.05) is 35.2 Å². The number of para-hydroxylation sites is 2. The highest BCUT2D eigenvalue weighted by Crippen LogP contribution is 2.32. The van der Waals surface area contributed by atoms with Gasteiger partial charge in [0.1, 0.15) is 6.61 Å². The molecular weight excluding hydrogens is 396 g/mol. The van der Waals surface area contributed by atoms with Crippen molar-refractivity contribution in [1.82, 2.24) is 14.8 Å². The molecule has 1 aliphatic rings. The van der Waals surface area contributed by atoms with Crippen molar-refractivity contribution in [2.75, 3.05) is 18.1 Å².